The van der Waals surface area contributed by atoms with Crippen LogP contribution in [-0.2, 0) is 18.9 Å². The van der Waals surface area contributed by atoms with Crippen LogP contribution in [0.4, 0.5) is 11.4 Å². The highest BCUT2D eigenvalue weighted by Crippen LogP contribution is 2.38. The summed E-state index contributed by atoms with van der Waals surface area (Å²) in [6, 6.07) is 12.1. The molecule has 0 radical (unpaired) electrons. The van der Waals surface area contributed by atoms with Crippen LogP contribution in [0.3, 0.4) is 0 Å². The molecule has 4 rings (SSSR count). The number of nitro groups is 2. The summed E-state index contributed by atoms with van der Waals surface area (Å²) >= 11 is 0. The Kier molecular flexibility index (Phi) is 5.24. The Morgan fingerprint density at radius 1 is 0.655 bits per heavy atom. The van der Waals surface area contributed by atoms with Gasteiger partial charge in [-0.25, -0.2) is 0 Å². The van der Waals surface area contributed by atoms with Crippen molar-refractivity contribution in [3.8, 4) is 0 Å². The molecule has 152 valence electrons. The van der Waals surface area contributed by atoms with E-state index in [2.05, 4.69) is 0 Å². The van der Waals surface area contributed by atoms with Crippen molar-refractivity contribution in [1.82, 2.24) is 0 Å². The molecule has 0 aliphatic carbocycles. The summed E-state index contributed by atoms with van der Waals surface area (Å²) in [6.07, 6.45) is -1.21. The molecular weight excluding hydrogens is 384 g/mol. The van der Waals surface area contributed by atoms with Crippen molar-refractivity contribution in [2.45, 2.75) is 12.6 Å². The minimum Gasteiger partial charge on any atom is -0.348 e. The summed E-state index contributed by atoms with van der Waals surface area (Å²) in [7, 11) is 0. The van der Waals surface area contributed by atoms with Crippen LogP contribution in [0.15, 0.2) is 48.5 Å². The Morgan fingerprint density at radius 3 is 1.24 bits per heavy atom. The maximum atomic E-state index is 10.8. The fraction of sp³-hybridized carbons (Fsp3) is 0.368. The third-order valence-corrected chi connectivity index (χ3v) is 4.92. The molecule has 0 aromatic heterocycles. The fourth-order valence-corrected chi connectivity index (χ4v) is 3.25. The molecule has 2 aromatic carbocycles. The highest BCUT2D eigenvalue weighted by Gasteiger charge is 2.42. The van der Waals surface area contributed by atoms with Gasteiger partial charge in [-0.05, 0) is 24.3 Å². The normalized spacial score (nSPS) is 26.9. The van der Waals surface area contributed by atoms with E-state index in [4.69, 9.17) is 18.9 Å². The van der Waals surface area contributed by atoms with Crippen LogP contribution in [0.5, 0.6) is 0 Å². The number of nitro benzene ring substituents is 2. The van der Waals surface area contributed by atoms with Gasteiger partial charge in [0, 0.05) is 35.4 Å². The molecule has 10 heteroatoms. The number of hydrogen-bond acceptors (Lipinski definition) is 8. The van der Waals surface area contributed by atoms with E-state index in [1.807, 2.05) is 0 Å². The average Bonchev–Trinajstić information content (AvgIpc) is 2.75. The predicted molar refractivity (Wildman–Crippen MR) is 97.9 cm³/mol. The summed E-state index contributed by atoms with van der Waals surface area (Å²) < 4.78 is 23.3. The Hall–Kier alpha value is -2.92. The number of non-ortho nitro benzene ring substituents is 2. The summed E-state index contributed by atoms with van der Waals surface area (Å²) in [5, 5.41) is 21.5. The lowest BCUT2D eigenvalue weighted by Gasteiger charge is -2.43. The van der Waals surface area contributed by atoms with Gasteiger partial charge in [0.1, 0.15) is 0 Å². The van der Waals surface area contributed by atoms with Crippen LogP contribution in [0, 0.1) is 25.6 Å². The van der Waals surface area contributed by atoms with E-state index in [0.717, 1.165) is 0 Å². The van der Waals surface area contributed by atoms with Crippen LogP contribution in [0.25, 0.3) is 0 Å². The molecule has 0 unspecified atom stereocenters. The number of ether oxygens (including phenoxy) is 4. The maximum absolute atomic E-state index is 10.8. The van der Waals surface area contributed by atoms with Crippen molar-refractivity contribution >= 4 is 11.4 Å². The zero-order chi connectivity index (χ0) is 20.4. The third kappa shape index (κ3) is 4.10. The SMILES string of the molecule is O=[N+]([O-])c1ccc(C2OCC3(CO2)COC(c2ccc([N+](=O)[O-])cc2)OC3)cc1. The summed E-state index contributed by atoms with van der Waals surface area (Å²) in [4.78, 5) is 20.6. The van der Waals surface area contributed by atoms with Gasteiger partial charge < -0.3 is 18.9 Å². The molecule has 2 saturated heterocycles. The van der Waals surface area contributed by atoms with Crippen molar-refractivity contribution in [2.75, 3.05) is 26.4 Å². The Morgan fingerprint density at radius 2 is 0.966 bits per heavy atom. The molecule has 1 spiro atoms. The van der Waals surface area contributed by atoms with Gasteiger partial charge in [0.25, 0.3) is 11.4 Å². The van der Waals surface area contributed by atoms with Crippen molar-refractivity contribution in [3.63, 3.8) is 0 Å². The zero-order valence-corrected chi connectivity index (χ0v) is 15.3. The summed E-state index contributed by atoms with van der Waals surface area (Å²) in [5.41, 5.74) is 0.965. The predicted octanol–water partition coefficient (Wildman–Crippen LogP) is 3.28. The molecule has 2 aliphatic heterocycles. The van der Waals surface area contributed by atoms with E-state index in [1.165, 1.54) is 24.3 Å². The molecule has 0 amide bonds. The zero-order valence-electron chi connectivity index (χ0n) is 15.3. The van der Waals surface area contributed by atoms with Gasteiger partial charge in [-0.15, -0.1) is 0 Å². The second kappa shape index (κ2) is 7.84. The van der Waals surface area contributed by atoms with E-state index in [0.29, 0.717) is 37.6 Å². The molecule has 29 heavy (non-hydrogen) atoms. The second-order valence-electron chi connectivity index (χ2n) is 7.11. The highest BCUT2D eigenvalue weighted by atomic mass is 16.7. The van der Waals surface area contributed by atoms with Crippen LogP contribution < -0.4 is 0 Å². The number of rotatable bonds is 4. The van der Waals surface area contributed by atoms with Gasteiger partial charge in [0.2, 0.25) is 0 Å². The largest absolute Gasteiger partial charge is 0.348 e. The van der Waals surface area contributed by atoms with E-state index in [-0.39, 0.29) is 11.4 Å². The molecule has 0 atom stereocenters. The van der Waals surface area contributed by atoms with Gasteiger partial charge in [-0.1, -0.05) is 0 Å². The number of benzene rings is 2. The average molecular weight is 402 g/mol. The molecule has 2 heterocycles. The van der Waals surface area contributed by atoms with E-state index in [1.54, 1.807) is 24.3 Å². The molecule has 0 N–H and O–H groups in total. The first kappa shape index (κ1) is 19.4. The van der Waals surface area contributed by atoms with Crippen LogP contribution in [0.1, 0.15) is 23.7 Å². The van der Waals surface area contributed by atoms with Crippen molar-refractivity contribution in [1.29, 1.82) is 0 Å². The standard InChI is InChI=1S/C19H18N2O8/c22-20(23)15-5-1-13(2-6-15)17-26-9-19(10-27-17)11-28-18(29-12-19)14-3-7-16(8-4-14)21(24)25/h1-8,17-18H,9-12H2. The molecule has 10 nitrogen and oxygen atoms in total. The van der Waals surface area contributed by atoms with Crippen molar-refractivity contribution in [2.24, 2.45) is 5.41 Å². The first-order valence-electron chi connectivity index (χ1n) is 8.91. The molecule has 2 fully saturated rings. The topological polar surface area (TPSA) is 123 Å². The van der Waals surface area contributed by atoms with Crippen molar-refractivity contribution < 1.29 is 28.8 Å². The number of nitrogens with zero attached hydrogens (tertiary/aromatic N) is 2. The fourth-order valence-electron chi connectivity index (χ4n) is 3.25. The first-order chi connectivity index (χ1) is 14.0. The van der Waals surface area contributed by atoms with Gasteiger partial charge in [-0.3, -0.25) is 20.2 Å². The smallest absolute Gasteiger partial charge is 0.269 e. The second-order valence-corrected chi connectivity index (χ2v) is 7.11. The Bertz CT molecular complexity index is 804. The molecule has 2 aromatic rings. The minimum atomic E-state index is -0.603. The lowest BCUT2D eigenvalue weighted by molar-refractivity contribution is -0.385. The lowest BCUT2D eigenvalue weighted by atomic mass is 9.90. The monoisotopic (exact) mass is 402 g/mol. The number of hydrogen-bond donors (Lipinski definition) is 0. The van der Waals surface area contributed by atoms with Crippen LogP contribution in [-0.4, -0.2) is 36.3 Å². The third-order valence-electron chi connectivity index (χ3n) is 4.92. The quantitative estimate of drug-likeness (QED) is 0.564. The Labute approximate surface area is 165 Å². The summed E-state index contributed by atoms with van der Waals surface area (Å²) in [6.45, 7) is 1.40. The van der Waals surface area contributed by atoms with Crippen LogP contribution >= 0.6 is 0 Å². The molecule has 0 saturated carbocycles. The first-order valence-corrected chi connectivity index (χ1v) is 8.91. The van der Waals surface area contributed by atoms with Gasteiger partial charge in [-0.2, -0.15) is 0 Å². The molecule has 0 bridgehead atoms. The minimum absolute atomic E-state index is 0.00685. The highest BCUT2D eigenvalue weighted by molar-refractivity contribution is 5.34. The lowest BCUT2D eigenvalue weighted by Crippen LogP contribution is -2.49. The van der Waals surface area contributed by atoms with E-state index in [9.17, 15) is 20.2 Å². The van der Waals surface area contributed by atoms with Gasteiger partial charge in [0.15, 0.2) is 12.6 Å². The van der Waals surface area contributed by atoms with Crippen LogP contribution in [0.2, 0.25) is 0 Å². The molecular formula is C19H18N2O8. The van der Waals surface area contributed by atoms with E-state index >= 15 is 0 Å². The van der Waals surface area contributed by atoms with Crippen molar-refractivity contribution in [3.05, 3.63) is 79.9 Å². The summed E-state index contributed by atoms with van der Waals surface area (Å²) in [5.74, 6) is 0. The molecule has 2 aliphatic rings. The van der Waals surface area contributed by atoms with E-state index < -0.39 is 27.8 Å². The van der Waals surface area contributed by atoms with Gasteiger partial charge in [0.05, 0.1) is 41.7 Å². The Balaban J connectivity index is 1.33. The van der Waals surface area contributed by atoms with Gasteiger partial charge >= 0.3 is 0 Å². The maximum Gasteiger partial charge on any atom is 0.269 e.